The van der Waals surface area contributed by atoms with Crippen molar-refractivity contribution in [3.8, 4) is 44.5 Å². The first-order chi connectivity index (χ1) is 29.6. The summed E-state index contributed by atoms with van der Waals surface area (Å²) in [6, 6.07) is 68.9. The van der Waals surface area contributed by atoms with Crippen molar-refractivity contribution in [3.05, 3.63) is 193 Å². The summed E-state index contributed by atoms with van der Waals surface area (Å²) in [6.45, 7) is 14.0. The third kappa shape index (κ3) is 6.09. The first-order valence-corrected chi connectivity index (χ1v) is 23.3. The molecule has 10 aromatic carbocycles. The SMILES string of the molecule is CC(C)(C)c1cc(-c2c3ccccc3c(-c3cccc4c3[se]c3cccc(-c5c6ccccc6c(-c6ccccc6)c6ccccc56)c34)c3ccccc23)cc(C(C)(C)C)c1. The normalized spacial score (nSPS) is 12.4. The molecule has 0 N–H and O–H groups in total. The van der Waals surface area contributed by atoms with Crippen LogP contribution in [-0.2, 0) is 10.8 Å². The average Bonchev–Trinajstić information content (AvgIpc) is 3.66. The van der Waals surface area contributed by atoms with Gasteiger partial charge < -0.3 is 0 Å². The Labute approximate surface area is 364 Å². The molecular formula is C60H48Se. The molecule has 0 atom stereocenters. The van der Waals surface area contributed by atoms with Crippen LogP contribution in [0.3, 0.4) is 0 Å². The van der Waals surface area contributed by atoms with Gasteiger partial charge in [0.2, 0.25) is 0 Å². The Morgan fingerprint density at radius 3 is 1.16 bits per heavy atom. The standard InChI is InChI=1S/C60H48Se/c1-59(2,3)39-34-38(35-40(36-39)60(4,5)6)54-43-24-12-16-28-47(43)56(48-29-17-13-25-44(48)54)50-31-18-32-51-57-49(30-19-33-52(57)61-58(50)51)55-45-26-14-10-22-41(45)53(37-20-8-7-9-21-37)42-23-11-15-27-46(42)55/h7-36H,1-6H3. The Kier molecular flexibility index (Phi) is 8.77. The third-order valence-electron chi connectivity index (χ3n) is 12.9. The predicted molar refractivity (Wildman–Crippen MR) is 268 cm³/mol. The van der Waals surface area contributed by atoms with Crippen LogP contribution in [0.1, 0.15) is 52.7 Å². The Balaban J connectivity index is 1.21. The van der Waals surface area contributed by atoms with Gasteiger partial charge in [0, 0.05) is 0 Å². The van der Waals surface area contributed by atoms with E-state index >= 15 is 0 Å². The summed E-state index contributed by atoms with van der Waals surface area (Å²) in [7, 11) is 0. The van der Waals surface area contributed by atoms with Crippen LogP contribution in [0, 0.1) is 0 Å². The van der Waals surface area contributed by atoms with Crippen LogP contribution in [-0.4, -0.2) is 14.5 Å². The van der Waals surface area contributed by atoms with Crippen LogP contribution in [0.5, 0.6) is 0 Å². The van der Waals surface area contributed by atoms with Crippen molar-refractivity contribution in [1.29, 1.82) is 0 Å². The van der Waals surface area contributed by atoms with Gasteiger partial charge in [0.1, 0.15) is 0 Å². The van der Waals surface area contributed by atoms with Crippen molar-refractivity contribution in [2.24, 2.45) is 0 Å². The molecule has 0 saturated carbocycles. The fourth-order valence-electron chi connectivity index (χ4n) is 9.95. The first-order valence-electron chi connectivity index (χ1n) is 21.6. The molecule has 0 spiro atoms. The van der Waals surface area contributed by atoms with E-state index in [9.17, 15) is 0 Å². The van der Waals surface area contributed by atoms with Gasteiger partial charge in [-0.15, -0.1) is 0 Å². The van der Waals surface area contributed by atoms with Gasteiger partial charge in [-0.1, -0.05) is 0 Å². The van der Waals surface area contributed by atoms with Crippen LogP contribution in [0.25, 0.3) is 107 Å². The summed E-state index contributed by atoms with van der Waals surface area (Å²) < 4.78 is 2.92. The molecule has 11 aromatic rings. The van der Waals surface area contributed by atoms with Crippen LogP contribution < -0.4 is 0 Å². The number of hydrogen-bond acceptors (Lipinski definition) is 0. The van der Waals surface area contributed by atoms with E-state index < -0.39 is 0 Å². The second kappa shape index (κ2) is 14.2. The van der Waals surface area contributed by atoms with Crippen molar-refractivity contribution in [2.45, 2.75) is 52.4 Å². The van der Waals surface area contributed by atoms with Gasteiger partial charge in [-0.05, 0) is 0 Å². The number of benzene rings is 10. The Bertz CT molecular complexity index is 3390. The Hall–Kier alpha value is -6.24. The second-order valence-electron chi connectivity index (χ2n) is 18.8. The van der Waals surface area contributed by atoms with Gasteiger partial charge in [0.05, 0.1) is 0 Å². The summed E-state index contributed by atoms with van der Waals surface area (Å²) >= 11 is 0.108. The summed E-state index contributed by atoms with van der Waals surface area (Å²) in [6.07, 6.45) is 0. The number of hydrogen-bond donors (Lipinski definition) is 0. The van der Waals surface area contributed by atoms with E-state index in [1.807, 2.05) is 0 Å². The minimum atomic E-state index is 0.0185. The zero-order valence-corrected chi connectivity index (χ0v) is 37.4. The first kappa shape index (κ1) is 37.7. The number of fused-ring (bicyclic) bond motifs is 7. The fraction of sp³-hybridized carbons (Fsp3) is 0.133. The Morgan fingerprint density at radius 1 is 0.311 bits per heavy atom. The molecule has 0 aliphatic heterocycles. The zero-order valence-electron chi connectivity index (χ0n) is 35.7. The second-order valence-corrected chi connectivity index (χ2v) is 21.0. The van der Waals surface area contributed by atoms with Crippen molar-refractivity contribution >= 4 is 76.9 Å². The molecule has 1 heteroatoms. The summed E-state index contributed by atoms with van der Waals surface area (Å²) in [4.78, 5) is 0. The molecule has 0 aliphatic rings. The quantitative estimate of drug-likeness (QED) is 0.122. The molecule has 61 heavy (non-hydrogen) atoms. The van der Waals surface area contributed by atoms with Crippen LogP contribution in [0.4, 0.5) is 0 Å². The Morgan fingerprint density at radius 2 is 0.689 bits per heavy atom. The van der Waals surface area contributed by atoms with Crippen molar-refractivity contribution in [1.82, 2.24) is 0 Å². The molecule has 1 aromatic heterocycles. The molecule has 294 valence electrons. The van der Waals surface area contributed by atoms with E-state index in [1.165, 1.54) is 118 Å². The van der Waals surface area contributed by atoms with Crippen molar-refractivity contribution < 1.29 is 0 Å². The minimum absolute atomic E-state index is 0.0185. The van der Waals surface area contributed by atoms with Gasteiger partial charge >= 0.3 is 367 Å². The van der Waals surface area contributed by atoms with E-state index in [0.29, 0.717) is 0 Å². The summed E-state index contributed by atoms with van der Waals surface area (Å²) in [5.41, 5.74) is 13.3. The predicted octanol–water partition coefficient (Wildman–Crippen LogP) is 16.9. The molecule has 0 radical (unpaired) electrons. The van der Waals surface area contributed by atoms with Crippen LogP contribution in [0.15, 0.2) is 182 Å². The molecule has 0 aliphatic carbocycles. The molecular weight excluding hydrogens is 800 g/mol. The van der Waals surface area contributed by atoms with Gasteiger partial charge in [0.15, 0.2) is 0 Å². The van der Waals surface area contributed by atoms with Gasteiger partial charge in [0.25, 0.3) is 0 Å². The van der Waals surface area contributed by atoms with E-state index in [1.54, 1.807) is 0 Å². The summed E-state index contributed by atoms with van der Waals surface area (Å²) in [5.74, 6) is 0. The van der Waals surface area contributed by atoms with E-state index in [0.717, 1.165) is 0 Å². The summed E-state index contributed by atoms with van der Waals surface area (Å²) in [5, 5.41) is 13.2. The monoisotopic (exact) mass is 848 g/mol. The van der Waals surface area contributed by atoms with Gasteiger partial charge in [-0.2, -0.15) is 0 Å². The van der Waals surface area contributed by atoms with Crippen molar-refractivity contribution in [2.75, 3.05) is 0 Å². The van der Waals surface area contributed by atoms with E-state index in [2.05, 4.69) is 224 Å². The topological polar surface area (TPSA) is 0 Å². The molecule has 0 amide bonds. The maximum atomic E-state index is 2.46. The van der Waals surface area contributed by atoms with Gasteiger partial charge in [-0.25, -0.2) is 0 Å². The molecule has 1 heterocycles. The molecule has 11 rings (SSSR count). The molecule has 0 unspecified atom stereocenters. The van der Waals surface area contributed by atoms with Crippen molar-refractivity contribution in [3.63, 3.8) is 0 Å². The zero-order chi connectivity index (χ0) is 41.6. The molecule has 0 bridgehead atoms. The molecule has 0 saturated heterocycles. The van der Waals surface area contributed by atoms with E-state index in [-0.39, 0.29) is 25.3 Å². The van der Waals surface area contributed by atoms with Gasteiger partial charge in [-0.3, -0.25) is 0 Å². The maximum absolute atomic E-state index is 2.46. The third-order valence-corrected chi connectivity index (χ3v) is 15.5. The van der Waals surface area contributed by atoms with Crippen LogP contribution in [0.2, 0.25) is 0 Å². The molecule has 0 nitrogen and oxygen atoms in total. The molecule has 0 fully saturated rings. The number of rotatable bonds is 4. The fourth-order valence-corrected chi connectivity index (χ4v) is 12.6. The average molecular weight is 848 g/mol. The van der Waals surface area contributed by atoms with Crippen LogP contribution >= 0.6 is 0 Å². The van der Waals surface area contributed by atoms with E-state index in [4.69, 9.17) is 0 Å².